The van der Waals surface area contributed by atoms with E-state index in [9.17, 15) is 9.59 Å². The molecule has 0 saturated carbocycles. The van der Waals surface area contributed by atoms with Crippen LogP contribution in [0.1, 0.15) is 27.2 Å². The number of ketones is 1. The van der Waals surface area contributed by atoms with Crippen LogP contribution in [0, 0.1) is 5.41 Å². The van der Waals surface area contributed by atoms with Crippen LogP contribution in [0.3, 0.4) is 0 Å². The minimum atomic E-state index is 0.0521. The maximum atomic E-state index is 11.6. The molecule has 0 heterocycles. The van der Waals surface area contributed by atoms with Gasteiger partial charge in [-0.25, -0.2) is 0 Å². The predicted molar refractivity (Wildman–Crippen MR) is 74.7 cm³/mol. The van der Waals surface area contributed by atoms with E-state index in [1.54, 1.807) is 20.3 Å². The molecule has 0 atom stereocenters. The third-order valence-corrected chi connectivity index (χ3v) is 1.81. The monoisotopic (exact) mass is 257 g/mol. The van der Waals surface area contributed by atoms with Crippen molar-refractivity contribution in [3.8, 4) is 0 Å². The van der Waals surface area contributed by atoms with E-state index in [0.29, 0.717) is 19.5 Å². The second-order valence-electron chi connectivity index (χ2n) is 5.45. The fourth-order valence-electron chi connectivity index (χ4n) is 1.31. The van der Waals surface area contributed by atoms with E-state index >= 15 is 0 Å². The molecule has 18 heavy (non-hydrogen) atoms. The number of aldehydes is 1. The van der Waals surface area contributed by atoms with E-state index in [4.69, 9.17) is 0 Å². The first kappa shape index (κ1) is 19.3. The Bertz CT molecular complexity index is 254. The zero-order chi connectivity index (χ0) is 14.6. The molecular weight excluding hydrogens is 230 g/mol. The summed E-state index contributed by atoms with van der Waals surface area (Å²) in [5, 5.41) is 0. The number of allylic oxidation sites excluding steroid dienone is 1. The molecule has 0 amide bonds. The average molecular weight is 257 g/mol. The van der Waals surface area contributed by atoms with Crippen molar-refractivity contribution >= 4 is 12.1 Å². The van der Waals surface area contributed by atoms with Crippen LogP contribution < -0.4 is 0 Å². The Morgan fingerprint density at radius 2 is 1.78 bits per heavy atom. The molecule has 106 valence electrons. The third-order valence-electron chi connectivity index (χ3n) is 1.81. The number of carbonyl (C=O) groups excluding carboxylic acids is 2. The first-order valence-corrected chi connectivity index (χ1v) is 5.97. The third kappa shape index (κ3) is 17.4. The molecule has 0 radical (unpaired) electrons. The van der Waals surface area contributed by atoms with Gasteiger partial charge in [-0.1, -0.05) is 26.8 Å². The summed E-state index contributed by atoms with van der Waals surface area (Å²) in [6, 6.07) is 0. The number of rotatable bonds is 6. The first-order valence-electron chi connectivity index (χ1n) is 5.97. The molecule has 0 aromatic heterocycles. The van der Waals surface area contributed by atoms with Gasteiger partial charge >= 0.3 is 0 Å². The Balaban J connectivity index is 0. The van der Waals surface area contributed by atoms with Crippen molar-refractivity contribution in [3.05, 3.63) is 12.2 Å². The number of likely N-dealkylation sites (N-methyl/N-ethyl adjacent to an activating group) is 1. The lowest BCUT2D eigenvalue weighted by Gasteiger charge is -2.19. The van der Waals surface area contributed by atoms with E-state index < -0.39 is 0 Å². The zero-order valence-corrected chi connectivity index (χ0v) is 12.5. The van der Waals surface area contributed by atoms with Gasteiger partial charge in [0.25, 0.3) is 0 Å². The Morgan fingerprint density at radius 3 is 2.17 bits per heavy atom. The second kappa shape index (κ2) is 11.1. The standard InChI is InChI=1S/C12H21NO2.C2H6O/c1-12(2,3)9-11(15)10-13(4)7-5-6-8-14;1-3-2/h5-6,8H,7,9-10H2,1-4H3;1-2H3/b6-5+;. The smallest absolute Gasteiger partial charge is 0.147 e. The summed E-state index contributed by atoms with van der Waals surface area (Å²) in [4.78, 5) is 23.5. The summed E-state index contributed by atoms with van der Waals surface area (Å²) >= 11 is 0. The lowest BCUT2D eigenvalue weighted by atomic mass is 9.90. The molecule has 0 aliphatic heterocycles. The van der Waals surface area contributed by atoms with Gasteiger partial charge in [-0.2, -0.15) is 0 Å². The molecular formula is C14H27NO3. The molecule has 0 aromatic rings. The van der Waals surface area contributed by atoms with Crippen LogP contribution >= 0.6 is 0 Å². The van der Waals surface area contributed by atoms with Crippen LogP contribution in [0.15, 0.2) is 12.2 Å². The summed E-state index contributed by atoms with van der Waals surface area (Å²) in [5.41, 5.74) is 0.0521. The van der Waals surface area contributed by atoms with Crippen molar-refractivity contribution in [2.45, 2.75) is 27.2 Å². The Morgan fingerprint density at radius 1 is 1.28 bits per heavy atom. The van der Waals surface area contributed by atoms with Crippen LogP contribution in [0.2, 0.25) is 0 Å². The van der Waals surface area contributed by atoms with Crippen molar-refractivity contribution in [2.24, 2.45) is 5.41 Å². The number of methoxy groups -OCH3 is 1. The Hall–Kier alpha value is -1.00. The Labute approximate surface area is 111 Å². The highest BCUT2D eigenvalue weighted by Gasteiger charge is 2.16. The molecule has 0 spiro atoms. The van der Waals surface area contributed by atoms with Gasteiger partial charge < -0.3 is 4.74 Å². The van der Waals surface area contributed by atoms with Crippen molar-refractivity contribution in [2.75, 3.05) is 34.4 Å². The second-order valence-corrected chi connectivity index (χ2v) is 5.45. The van der Waals surface area contributed by atoms with Gasteiger partial charge in [0, 0.05) is 27.2 Å². The summed E-state index contributed by atoms with van der Waals surface area (Å²) in [7, 11) is 5.12. The summed E-state index contributed by atoms with van der Waals surface area (Å²) in [5.74, 6) is 0.240. The molecule has 0 aromatic carbocycles. The highest BCUT2D eigenvalue weighted by molar-refractivity contribution is 5.81. The highest BCUT2D eigenvalue weighted by atomic mass is 16.4. The first-order chi connectivity index (χ1) is 8.26. The van der Waals surface area contributed by atoms with Crippen molar-refractivity contribution in [1.82, 2.24) is 4.90 Å². The maximum absolute atomic E-state index is 11.6. The van der Waals surface area contributed by atoms with Crippen LogP contribution in [0.25, 0.3) is 0 Å². The molecule has 0 aliphatic rings. The van der Waals surface area contributed by atoms with Gasteiger partial charge in [0.1, 0.15) is 12.1 Å². The molecule has 0 bridgehead atoms. The highest BCUT2D eigenvalue weighted by Crippen LogP contribution is 2.18. The number of Topliss-reactive ketones (excluding diaryl/α,β-unsaturated/α-hetero) is 1. The molecule has 4 heteroatoms. The summed E-state index contributed by atoms with van der Waals surface area (Å²) < 4.78 is 4.25. The normalized spacial score (nSPS) is 11.3. The van der Waals surface area contributed by atoms with E-state index in [1.807, 2.05) is 11.9 Å². The number of nitrogens with zero attached hydrogens (tertiary/aromatic N) is 1. The van der Waals surface area contributed by atoms with Crippen LogP contribution in [-0.2, 0) is 14.3 Å². The largest absolute Gasteiger partial charge is 0.388 e. The van der Waals surface area contributed by atoms with Crippen molar-refractivity contribution < 1.29 is 14.3 Å². The molecule has 0 fully saturated rings. The van der Waals surface area contributed by atoms with E-state index in [-0.39, 0.29) is 11.2 Å². The minimum absolute atomic E-state index is 0.0521. The number of hydrogen-bond donors (Lipinski definition) is 0. The molecule has 0 aliphatic carbocycles. The van der Waals surface area contributed by atoms with E-state index in [1.165, 1.54) is 6.08 Å². The molecule has 0 rings (SSSR count). The number of carbonyl (C=O) groups is 2. The van der Waals surface area contributed by atoms with Crippen LogP contribution in [0.4, 0.5) is 0 Å². The van der Waals surface area contributed by atoms with Crippen LogP contribution in [0.5, 0.6) is 0 Å². The fourth-order valence-corrected chi connectivity index (χ4v) is 1.31. The fraction of sp³-hybridized carbons (Fsp3) is 0.714. The van der Waals surface area contributed by atoms with Gasteiger partial charge in [-0.3, -0.25) is 14.5 Å². The van der Waals surface area contributed by atoms with Gasteiger partial charge in [-0.05, 0) is 18.5 Å². The van der Waals surface area contributed by atoms with E-state index in [2.05, 4.69) is 25.5 Å². The van der Waals surface area contributed by atoms with Crippen molar-refractivity contribution in [1.29, 1.82) is 0 Å². The molecule has 0 N–H and O–H groups in total. The molecule has 4 nitrogen and oxygen atoms in total. The van der Waals surface area contributed by atoms with Crippen molar-refractivity contribution in [3.63, 3.8) is 0 Å². The average Bonchev–Trinajstić information content (AvgIpc) is 2.15. The predicted octanol–water partition coefficient (Wildman–Crippen LogP) is 1.94. The number of hydrogen-bond acceptors (Lipinski definition) is 4. The quantitative estimate of drug-likeness (QED) is 0.539. The minimum Gasteiger partial charge on any atom is -0.388 e. The van der Waals surface area contributed by atoms with Gasteiger partial charge in [0.15, 0.2) is 0 Å². The lowest BCUT2D eigenvalue weighted by Crippen LogP contribution is -2.28. The maximum Gasteiger partial charge on any atom is 0.147 e. The zero-order valence-electron chi connectivity index (χ0n) is 12.5. The van der Waals surface area contributed by atoms with Crippen LogP contribution in [-0.4, -0.2) is 51.3 Å². The van der Waals surface area contributed by atoms with E-state index in [0.717, 1.165) is 6.29 Å². The molecule has 0 saturated heterocycles. The Kier molecular flexibility index (Phi) is 11.9. The lowest BCUT2D eigenvalue weighted by molar-refractivity contribution is -0.121. The number of ether oxygens (including phenoxy) is 1. The molecule has 0 unspecified atom stereocenters. The topological polar surface area (TPSA) is 46.6 Å². The van der Waals surface area contributed by atoms with Gasteiger partial charge in [0.2, 0.25) is 0 Å². The van der Waals surface area contributed by atoms with Gasteiger partial charge in [-0.15, -0.1) is 0 Å². The summed E-state index contributed by atoms with van der Waals surface area (Å²) in [6.45, 7) is 7.24. The summed E-state index contributed by atoms with van der Waals surface area (Å²) in [6.07, 6.45) is 4.53. The SMILES string of the molecule is CN(C/C=C/C=O)CC(=O)CC(C)(C)C.COC. The van der Waals surface area contributed by atoms with Gasteiger partial charge in [0.05, 0.1) is 6.54 Å².